The van der Waals surface area contributed by atoms with Crippen molar-refractivity contribution in [3.05, 3.63) is 99.6 Å². The first-order chi connectivity index (χ1) is 15.9. The largest absolute Gasteiger partial charge is 0.500 e. The molecule has 0 fully saturated rings. The summed E-state index contributed by atoms with van der Waals surface area (Å²) in [5, 5.41) is 22.2. The molecule has 1 aliphatic heterocycles. The summed E-state index contributed by atoms with van der Waals surface area (Å²) >= 11 is 0. The maximum Gasteiger partial charge on any atom is 0.315 e. The first-order valence-corrected chi connectivity index (χ1v) is 10.8. The lowest BCUT2D eigenvalue weighted by Gasteiger charge is -2.43. The maximum atomic E-state index is 11.7. The molecule has 3 aromatic carbocycles. The Hall–Kier alpha value is -3.84. The molecule has 0 saturated heterocycles. The third-order valence-electron chi connectivity index (χ3n) is 5.81. The van der Waals surface area contributed by atoms with Crippen LogP contribution in [0.1, 0.15) is 29.7 Å². The Balaban J connectivity index is 2.02. The van der Waals surface area contributed by atoms with Crippen molar-refractivity contribution in [2.45, 2.75) is 13.0 Å². The van der Waals surface area contributed by atoms with Gasteiger partial charge < -0.3 is 14.7 Å². The highest BCUT2D eigenvalue weighted by Gasteiger charge is 2.35. The van der Waals surface area contributed by atoms with Crippen LogP contribution in [0.3, 0.4) is 0 Å². The monoisotopic (exact) mass is 445 g/mol. The summed E-state index contributed by atoms with van der Waals surface area (Å²) in [7, 11) is 4.04. The molecule has 7 heteroatoms. The number of rotatable bonds is 6. The van der Waals surface area contributed by atoms with E-state index in [-0.39, 0.29) is 24.1 Å². The topological polar surface area (TPSA) is 79.1 Å². The molecule has 33 heavy (non-hydrogen) atoms. The molecule has 1 aliphatic rings. The van der Waals surface area contributed by atoms with Crippen LogP contribution >= 0.6 is 0 Å². The van der Waals surface area contributed by atoms with Crippen molar-refractivity contribution in [1.82, 2.24) is 9.80 Å². The molecule has 7 nitrogen and oxygen atoms in total. The number of phenolic OH excluding ortho intramolecular Hbond substituents is 1. The van der Waals surface area contributed by atoms with Crippen LogP contribution in [0.2, 0.25) is 0 Å². The second kappa shape index (κ2) is 9.34. The Morgan fingerprint density at radius 2 is 1.64 bits per heavy atom. The minimum atomic E-state index is -0.569. The molecule has 1 heterocycles. The summed E-state index contributed by atoms with van der Waals surface area (Å²) in [6, 6.07) is 23.1. The standard InChI is InChI=1S/C26H27N3O4/c1-4-33-22-16-20(15-21(26(22)30)29(31)32)25-23(18-11-7-5-8-12-18)24(27(2)17-28(25)3)19-13-9-6-10-14-19/h5-16,25,30H,4,17H2,1-3H3. The lowest BCUT2D eigenvalue weighted by molar-refractivity contribution is -0.386. The van der Waals surface area contributed by atoms with Gasteiger partial charge in [0, 0.05) is 18.7 Å². The van der Waals surface area contributed by atoms with Gasteiger partial charge in [0.25, 0.3) is 0 Å². The Kier molecular flexibility index (Phi) is 6.33. The molecule has 0 spiro atoms. The first kappa shape index (κ1) is 22.4. The number of hydrogen-bond donors (Lipinski definition) is 1. The Morgan fingerprint density at radius 3 is 2.21 bits per heavy atom. The summed E-state index contributed by atoms with van der Waals surface area (Å²) in [5.74, 6) is -0.336. The van der Waals surface area contributed by atoms with E-state index in [2.05, 4.69) is 34.1 Å². The third kappa shape index (κ3) is 4.27. The van der Waals surface area contributed by atoms with Gasteiger partial charge in [-0.15, -0.1) is 0 Å². The Bertz CT molecular complexity index is 1180. The van der Waals surface area contributed by atoms with Gasteiger partial charge in [-0.1, -0.05) is 60.7 Å². The number of nitro benzene ring substituents is 1. The minimum Gasteiger partial charge on any atom is -0.500 e. The van der Waals surface area contributed by atoms with Gasteiger partial charge in [-0.2, -0.15) is 0 Å². The number of likely N-dealkylation sites (N-methyl/N-ethyl adjacent to an activating group) is 1. The van der Waals surface area contributed by atoms with Crippen molar-refractivity contribution in [2.75, 3.05) is 27.4 Å². The lowest BCUT2D eigenvalue weighted by Crippen LogP contribution is -2.40. The van der Waals surface area contributed by atoms with E-state index in [0.29, 0.717) is 12.2 Å². The molecule has 0 saturated carbocycles. The number of ether oxygens (including phenoxy) is 1. The van der Waals surface area contributed by atoms with Crippen LogP contribution in [-0.2, 0) is 0 Å². The molecule has 0 bridgehead atoms. The van der Waals surface area contributed by atoms with Crippen molar-refractivity contribution in [3.63, 3.8) is 0 Å². The van der Waals surface area contributed by atoms with Gasteiger partial charge in [0.15, 0.2) is 5.75 Å². The molecule has 0 amide bonds. The zero-order valence-electron chi connectivity index (χ0n) is 18.9. The molecule has 1 unspecified atom stereocenters. The molecule has 0 aromatic heterocycles. The van der Waals surface area contributed by atoms with Crippen LogP contribution < -0.4 is 4.74 Å². The van der Waals surface area contributed by atoms with E-state index in [9.17, 15) is 15.2 Å². The van der Waals surface area contributed by atoms with E-state index in [1.165, 1.54) is 6.07 Å². The molecule has 0 radical (unpaired) electrons. The highest BCUT2D eigenvalue weighted by atomic mass is 16.6. The molecule has 3 aromatic rings. The summed E-state index contributed by atoms with van der Waals surface area (Å²) in [6.45, 7) is 2.68. The molecule has 4 rings (SSSR count). The molecule has 1 atom stereocenters. The maximum absolute atomic E-state index is 11.7. The van der Waals surface area contributed by atoms with Crippen LogP contribution in [-0.4, -0.2) is 47.2 Å². The van der Waals surface area contributed by atoms with Gasteiger partial charge in [-0.05, 0) is 36.7 Å². The summed E-state index contributed by atoms with van der Waals surface area (Å²) < 4.78 is 5.57. The second-order valence-corrected chi connectivity index (χ2v) is 8.07. The summed E-state index contributed by atoms with van der Waals surface area (Å²) in [4.78, 5) is 15.5. The molecule has 1 N–H and O–H groups in total. The first-order valence-electron chi connectivity index (χ1n) is 10.8. The average molecular weight is 446 g/mol. The zero-order chi connectivity index (χ0) is 23.5. The van der Waals surface area contributed by atoms with E-state index >= 15 is 0 Å². The summed E-state index contributed by atoms with van der Waals surface area (Å²) in [6.07, 6.45) is 0. The predicted octanol–water partition coefficient (Wildman–Crippen LogP) is 5.14. The van der Waals surface area contributed by atoms with Crippen LogP contribution in [0.25, 0.3) is 11.3 Å². The second-order valence-electron chi connectivity index (χ2n) is 8.07. The predicted molar refractivity (Wildman–Crippen MR) is 129 cm³/mol. The molecular formula is C26H27N3O4. The number of aromatic hydroxyl groups is 1. The van der Waals surface area contributed by atoms with Crippen LogP contribution in [0.15, 0.2) is 72.8 Å². The quantitative estimate of drug-likeness (QED) is 0.418. The smallest absolute Gasteiger partial charge is 0.315 e. The fourth-order valence-electron chi connectivity index (χ4n) is 4.52. The number of nitrogens with zero attached hydrogens (tertiary/aromatic N) is 3. The molecule has 170 valence electrons. The summed E-state index contributed by atoms with van der Waals surface area (Å²) in [5.41, 5.74) is 4.49. The fourth-order valence-corrected chi connectivity index (χ4v) is 4.52. The third-order valence-corrected chi connectivity index (χ3v) is 5.81. The van der Waals surface area contributed by atoms with Gasteiger partial charge >= 0.3 is 5.69 Å². The molecule has 0 aliphatic carbocycles. The van der Waals surface area contributed by atoms with Crippen LogP contribution in [0.5, 0.6) is 11.5 Å². The number of nitro groups is 1. The van der Waals surface area contributed by atoms with E-state index in [4.69, 9.17) is 4.74 Å². The van der Waals surface area contributed by atoms with Gasteiger partial charge in [0.1, 0.15) is 0 Å². The number of phenols is 1. The normalized spacial score (nSPS) is 16.7. The SMILES string of the molecule is CCOc1cc(C2C(c3ccccc3)=C(c3ccccc3)N(C)CN2C)cc([N+](=O)[O-])c1O. The van der Waals surface area contributed by atoms with Crippen molar-refractivity contribution in [1.29, 1.82) is 0 Å². The van der Waals surface area contributed by atoms with Crippen molar-refractivity contribution < 1.29 is 14.8 Å². The van der Waals surface area contributed by atoms with Crippen LogP contribution in [0.4, 0.5) is 5.69 Å². The van der Waals surface area contributed by atoms with Gasteiger partial charge in [-0.3, -0.25) is 15.0 Å². The van der Waals surface area contributed by atoms with E-state index in [1.807, 2.05) is 50.5 Å². The highest BCUT2D eigenvalue weighted by Crippen LogP contribution is 2.47. The zero-order valence-corrected chi connectivity index (χ0v) is 18.9. The minimum absolute atomic E-state index is 0.114. The highest BCUT2D eigenvalue weighted by molar-refractivity contribution is 5.93. The van der Waals surface area contributed by atoms with E-state index < -0.39 is 10.7 Å². The van der Waals surface area contributed by atoms with Gasteiger partial charge in [0.2, 0.25) is 5.75 Å². The van der Waals surface area contributed by atoms with E-state index in [1.54, 1.807) is 13.0 Å². The molecular weight excluding hydrogens is 418 g/mol. The van der Waals surface area contributed by atoms with Crippen molar-refractivity contribution in [2.24, 2.45) is 0 Å². The van der Waals surface area contributed by atoms with Gasteiger partial charge in [-0.25, -0.2) is 0 Å². The van der Waals surface area contributed by atoms with Gasteiger partial charge in [0.05, 0.1) is 29.9 Å². The Labute approximate surface area is 193 Å². The fraction of sp³-hybridized carbons (Fsp3) is 0.231. The van der Waals surface area contributed by atoms with Crippen LogP contribution in [0, 0.1) is 10.1 Å². The van der Waals surface area contributed by atoms with E-state index in [0.717, 1.165) is 22.4 Å². The number of hydrogen-bond acceptors (Lipinski definition) is 6. The Morgan fingerprint density at radius 1 is 1.03 bits per heavy atom. The average Bonchev–Trinajstić information content (AvgIpc) is 2.81. The van der Waals surface area contributed by atoms with Crippen molar-refractivity contribution >= 4 is 17.0 Å². The number of benzene rings is 3. The van der Waals surface area contributed by atoms with Crippen molar-refractivity contribution in [3.8, 4) is 11.5 Å². The lowest BCUT2D eigenvalue weighted by atomic mass is 9.86.